The molecule has 1 fully saturated rings. The number of anilines is 1. The molecule has 0 amide bonds. The molecule has 9 heteroatoms. The molecule has 3 aromatic heterocycles. The van der Waals surface area contributed by atoms with Gasteiger partial charge in [-0.3, -0.25) is 0 Å². The molecule has 1 aliphatic heterocycles. The van der Waals surface area contributed by atoms with E-state index in [4.69, 9.17) is 4.52 Å². The summed E-state index contributed by atoms with van der Waals surface area (Å²) in [5.41, 5.74) is 0. The fraction of sp³-hybridized carbons (Fsp3) is 0.533. The van der Waals surface area contributed by atoms with Crippen LogP contribution in [0.15, 0.2) is 23.4 Å². The summed E-state index contributed by atoms with van der Waals surface area (Å²) in [6.45, 7) is 5.97. The number of rotatable bonds is 4. The first-order chi connectivity index (χ1) is 11.7. The molecule has 3 aromatic rings. The third-order valence-electron chi connectivity index (χ3n) is 4.23. The highest BCUT2D eigenvalue weighted by atomic mass is 32.1. The van der Waals surface area contributed by atoms with E-state index in [1.54, 1.807) is 22.3 Å². The Kier molecular flexibility index (Phi) is 4.01. The first-order valence-electron chi connectivity index (χ1n) is 8.10. The smallest absolute Gasteiger partial charge is 0.266 e. The van der Waals surface area contributed by atoms with Crippen molar-refractivity contribution in [2.45, 2.75) is 38.5 Å². The second-order valence-electron chi connectivity index (χ2n) is 6.23. The Labute approximate surface area is 143 Å². The number of nitrogens with zero attached hydrogens (tertiary/aromatic N) is 7. The van der Waals surface area contributed by atoms with Gasteiger partial charge in [0.05, 0.1) is 0 Å². The summed E-state index contributed by atoms with van der Waals surface area (Å²) in [6.07, 6.45) is 7.28. The predicted octanol–water partition coefficient (Wildman–Crippen LogP) is 2.61. The zero-order valence-corrected chi connectivity index (χ0v) is 14.5. The molecule has 24 heavy (non-hydrogen) atoms. The Morgan fingerprint density at radius 3 is 2.79 bits per heavy atom. The average Bonchev–Trinajstić information content (AvgIpc) is 3.34. The minimum atomic E-state index is 0.260. The molecule has 126 valence electrons. The molecule has 4 rings (SSSR count). The highest BCUT2D eigenvalue weighted by Crippen LogP contribution is 2.33. The maximum atomic E-state index is 5.31. The van der Waals surface area contributed by atoms with Gasteiger partial charge in [-0.25, -0.2) is 9.97 Å². The Bertz CT molecular complexity index is 786. The van der Waals surface area contributed by atoms with E-state index in [0.29, 0.717) is 17.8 Å². The minimum absolute atomic E-state index is 0.260. The molecule has 0 spiro atoms. The second kappa shape index (κ2) is 6.31. The topological polar surface area (TPSA) is 85.8 Å². The maximum absolute atomic E-state index is 5.31. The van der Waals surface area contributed by atoms with E-state index < -0.39 is 0 Å². The molecule has 1 aliphatic rings. The quantitative estimate of drug-likeness (QED) is 0.718. The molecule has 8 nitrogen and oxygen atoms in total. The number of piperidine rings is 1. The summed E-state index contributed by atoms with van der Waals surface area (Å²) in [5.74, 6) is 2.19. The molecule has 0 atom stereocenters. The van der Waals surface area contributed by atoms with Crippen molar-refractivity contribution in [1.29, 1.82) is 0 Å². The summed E-state index contributed by atoms with van der Waals surface area (Å²) >= 11 is 1.68. The van der Waals surface area contributed by atoms with Gasteiger partial charge in [-0.15, -0.1) is 0 Å². The SMILES string of the molecule is CC(C)c1nc(N2CCC(c3cnc(-n4cncn4)s3)CC2)no1. The normalized spacial score (nSPS) is 16.2. The van der Waals surface area contributed by atoms with Crippen LogP contribution in [0.1, 0.15) is 49.3 Å². The van der Waals surface area contributed by atoms with Gasteiger partial charge in [-0.2, -0.15) is 14.8 Å². The van der Waals surface area contributed by atoms with Crippen LogP contribution in [0.5, 0.6) is 0 Å². The molecule has 0 unspecified atom stereocenters. The Morgan fingerprint density at radius 2 is 2.12 bits per heavy atom. The van der Waals surface area contributed by atoms with Gasteiger partial charge in [0, 0.05) is 30.1 Å². The lowest BCUT2D eigenvalue weighted by Crippen LogP contribution is -2.33. The fourth-order valence-corrected chi connectivity index (χ4v) is 3.84. The van der Waals surface area contributed by atoms with E-state index in [0.717, 1.165) is 31.1 Å². The second-order valence-corrected chi connectivity index (χ2v) is 7.27. The van der Waals surface area contributed by atoms with Crippen LogP contribution < -0.4 is 4.90 Å². The molecule has 0 saturated carbocycles. The van der Waals surface area contributed by atoms with Crippen LogP contribution in [-0.2, 0) is 0 Å². The van der Waals surface area contributed by atoms with E-state index >= 15 is 0 Å². The van der Waals surface area contributed by atoms with Gasteiger partial charge in [-0.05, 0) is 23.9 Å². The lowest BCUT2D eigenvalue weighted by atomic mass is 9.96. The number of hydrogen-bond acceptors (Lipinski definition) is 8. The Balaban J connectivity index is 1.41. The predicted molar refractivity (Wildman–Crippen MR) is 89.6 cm³/mol. The van der Waals surface area contributed by atoms with Crippen LogP contribution in [0.3, 0.4) is 0 Å². The zero-order valence-electron chi connectivity index (χ0n) is 13.7. The molecule has 0 aliphatic carbocycles. The fourth-order valence-electron chi connectivity index (χ4n) is 2.83. The molecular weight excluding hydrogens is 326 g/mol. The zero-order chi connectivity index (χ0) is 16.5. The van der Waals surface area contributed by atoms with Crippen molar-refractivity contribution in [1.82, 2.24) is 29.9 Å². The van der Waals surface area contributed by atoms with E-state index in [-0.39, 0.29) is 5.92 Å². The monoisotopic (exact) mass is 345 g/mol. The van der Waals surface area contributed by atoms with Crippen molar-refractivity contribution in [3.8, 4) is 5.13 Å². The van der Waals surface area contributed by atoms with Crippen LogP contribution in [0.4, 0.5) is 5.95 Å². The Hall–Kier alpha value is -2.29. The lowest BCUT2D eigenvalue weighted by molar-refractivity contribution is 0.363. The van der Waals surface area contributed by atoms with Gasteiger partial charge in [0.2, 0.25) is 11.0 Å². The third kappa shape index (κ3) is 2.91. The molecule has 4 heterocycles. The first-order valence-corrected chi connectivity index (χ1v) is 8.91. The summed E-state index contributed by atoms with van der Waals surface area (Å²) in [5, 5.41) is 9.11. The van der Waals surface area contributed by atoms with E-state index in [2.05, 4.69) is 44.0 Å². The molecular formula is C15H19N7OS. The van der Waals surface area contributed by atoms with Crippen molar-refractivity contribution in [3.63, 3.8) is 0 Å². The van der Waals surface area contributed by atoms with Crippen molar-refractivity contribution < 1.29 is 4.52 Å². The number of thiazole rings is 1. The summed E-state index contributed by atoms with van der Waals surface area (Å²) in [6, 6.07) is 0. The largest absolute Gasteiger partial charge is 0.338 e. The van der Waals surface area contributed by atoms with Crippen LogP contribution in [0.25, 0.3) is 5.13 Å². The summed E-state index contributed by atoms with van der Waals surface area (Å²) in [4.78, 5) is 16.4. The molecule has 0 bridgehead atoms. The highest BCUT2D eigenvalue weighted by molar-refractivity contribution is 7.14. The van der Waals surface area contributed by atoms with Gasteiger partial charge in [0.15, 0.2) is 0 Å². The minimum Gasteiger partial charge on any atom is -0.338 e. The highest BCUT2D eigenvalue weighted by Gasteiger charge is 2.25. The lowest BCUT2D eigenvalue weighted by Gasteiger charge is -2.30. The number of hydrogen-bond donors (Lipinski definition) is 0. The van der Waals surface area contributed by atoms with Crippen LogP contribution in [0.2, 0.25) is 0 Å². The van der Waals surface area contributed by atoms with Crippen molar-refractivity contribution in [2.24, 2.45) is 0 Å². The first kappa shape index (κ1) is 15.3. The Morgan fingerprint density at radius 1 is 1.29 bits per heavy atom. The van der Waals surface area contributed by atoms with E-state index in [1.807, 2.05) is 6.20 Å². The molecule has 0 radical (unpaired) electrons. The van der Waals surface area contributed by atoms with Crippen molar-refractivity contribution in [2.75, 3.05) is 18.0 Å². The molecule has 0 N–H and O–H groups in total. The van der Waals surface area contributed by atoms with Crippen LogP contribution in [0, 0.1) is 0 Å². The number of aromatic nitrogens is 6. The van der Waals surface area contributed by atoms with Gasteiger partial charge in [-0.1, -0.05) is 25.2 Å². The summed E-state index contributed by atoms with van der Waals surface area (Å²) in [7, 11) is 0. The molecule has 0 aromatic carbocycles. The average molecular weight is 345 g/mol. The third-order valence-corrected chi connectivity index (χ3v) is 5.38. The van der Waals surface area contributed by atoms with Gasteiger partial charge in [0.25, 0.3) is 5.95 Å². The van der Waals surface area contributed by atoms with Crippen molar-refractivity contribution in [3.05, 3.63) is 29.6 Å². The van der Waals surface area contributed by atoms with E-state index in [1.165, 1.54) is 11.2 Å². The molecule has 1 saturated heterocycles. The van der Waals surface area contributed by atoms with Crippen LogP contribution in [-0.4, -0.2) is 43.0 Å². The van der Waals surface area contributed by atoms with Gasteiger partial charge >= 0.3 is 0 Å². The van der Waals surface area contributed by atoms with Gasteiger partial charge in [0.1, 0.15) is 12.7 Å². The van der Waals surface area contributed by atoms with E-state index in [9.17, 15) is 0 Å². The summed E-state index contributed by atoms with van der Waals surface area (Å²) < 4.78 is 7.01. The van der Waals surface area contributed by atoms with Gasteiger partial charge < -0.3 is 9.42 Å². The standard InChI is InChI=1S/C15H19N7OS/c1-10(2)13-19-14(20-23-13)21-5-3-11(4-6-21)12-7-17-15(24-12)22-9-16-8-18-22/h7-11H,3-6H2,1-2H3. The van der Waals surface area contributed by atoms with Crippen molar-refractivity contribution >= 4 is 17.3 Å². The maximum Gasteiger partial charge on any atom is 0.266 e. The van der Waals surface area contributed by atoms with Crippen LogP contribution >= 0.6 is 11.3 Å².